The van der Waals surface area contributed by atoms with E-state index in [-0.39, 0.29) is 6.42 Å². The van der Waals surface area contributed by atoms with Crippen molar-refractivity contribution >= 4 is 11.9 Å². The van der Waals surface area contributed by atoms with Crippen molar-refractivity contribution in [3.63, 3.8) is 0 Å². The molecule has 0 radical (unpaired) electrons. The molecule has 2 atom stereocenters. The summed E-state index contributed by atoms with van der Waals surface area (Å²) in [6.45, 7) is 4.60. The predicted molar refractivity (Wildman–Crippen MR) is 98.2 cm³/mol. The number of rotatable bonds is 17. The molecule has 0 aliphatic rings. The molecule has 2 unspecified atom stereocenters. The summed E-state index contributed by atoms with van der Waals surface area (Å²) in [6.07, 6.45) is 15.1. The van der Waals surface area contributed by atoms with Gasteiger partial charge < -0.3 is 10.2 Å². The lowest BCUT2D eigenvalue weighted by molar-refractivity contribution is -0.148. The number of hydrogen-bond acceptors (Lipinski definition) is 2. The van der Waals surface area contributed by atoms with Crippen LogP contribution in [0.5, 0.6) is 0 Å². The highest BCUT2D eigenvalue weighted by Gasteiger charge is 2.20. The minimum absolute atomic E-state index is 0.258. The first-order valence-electron chi connectivity index (χ1n) is 9.92. The summed E-state index contributed by atoms with van der Waals surface area (Å²) in [7, 11) is 0. The van der Waals surface area contributed by atoms with Crippen molar-refractivity contribution in [1.29, 1.82) is 0 Å². The Labute approximate surface area is 148 Å². The van der Waals surface area contributed by atoms with Crippen LogP contribution in [-0.2, 0) is 9.59 Å². The highest BCUT2D eigenvalue weighted by atomic mass is 16.4. The van der Waals surface area contributed by atoms with Gasteiger partial charge in [0.15, 0.2) is 0 Å². The van der Waals surface area contributed by atoms with E-state index in [9.17, 15) is 9.59 Å². The smallest absolute Gasteiger partial charge is 0.307 e. The Morgan fingerprint density at radius 3 is 1.54 bits per heavy atom. The Morgan fingerprint density at radius 1 is 0.750 bits per heavy atom. The zero-order valence-electron chi connectivity index (χ0n) is 15.8. The summed E-state index contributed by atoms with van der Waals surface area (Å²) >= 11 is 0. The molecular weight excluding hydrogens is 304 g/mol. The van der Waals surface area contributed by atoms with Gasteiger partial charge in [-0.3, -0.25) is 9.59 Å². The topological polar surface area (TPSA) is 74.6 Å². The molecule has 0 saturated carbocycles. The highest BCUT2D eigenvalue weighted by Crippen LogP contribution is 2.17. The third kappa shape index (κ3) is 14.5. The van der Waals surface area contributed by atoms with E-state index in [1.54, 1.807) is 0 Å². The SMILES string of the molecule is CCC(C)CCCCCCCCCCCCC(CC(=O)O)C(=O)O. The lowest BCUT2D eigenvalue weighted by Crippen LogP contribution is -2.17. The first-order valence-corrected chi connectivity index (χ1v) is 9.92. The van der Waals surface area contributed by atoms with E-state index in [4.69, 9.17) is 10.2 Å². The van der Waals surface area contributed by atoms with E-state index >= 15 is 0 Å². The second-order valence-electron chi connectivity index (χ2n) is 7.26. The standard InChI is InChI=1S/C20H38O4/c1-3-17(2)14-12-10-8-6-4-5-7-9-11-13-15-18(20(23)24)16-19(21)22/h17-18H,3-16H2,1-2H3,(H,21,22)(H,23,24). The summed E-state index contributed by atoms with van der Waals surface area (Å²) in [6, 6.07) is 0. The molecule has 0 fully saturated rings. The maximum Gasteiger partial charge on any atom is 0.307 e. The summed E-state index contributed by atoms with van der Waals surface area (Å²) in [4.78, 5) is 21.5. The van der Waals surface area contributed by atoms with Crippen molar-refractivity contribution in [3.8, 4) is 0 Å². The second-order valence-corrected chi connectivity index (χ2v) is 7.26. The molecule has 0 aromatic heterocycles. The Kier molecular flexibility index (Phi) is 14.8. The molecule has 0 aromatic rings. The van der Waals surface area contributed by atoms with E-state index in [1.807, 2.05) is 0 Å². The number of carbonyl (C=O) groups is 2. The van der Waals surface area contributed by atoms with Crippen LogP contribution in [-0.4, -0.2) is 22.2 Å². The van der Waals surface area contributed by atoms with Gasteiger partial charge in [-0.15, -0.1) is 0 Å². The van der Waals surface area contributed by atoms with E-state index in [1.165, 1.54) is 57.8 Å². The van der Waals surface area contributed by atoms with Gasteiger partial charge >= 0.3 is 11.9 Å². The van der Waals surface area contributed by atoms with Crippen LogP contribution in [0.15, 0.2) is 0 Å². The van der Waals surface area contributed by atoms with Crippen LogP contribution in [0.1, 0.15) is 104 Å². The summed E-state index contributed by atoms with van der Waals surface area (Å²) in [5, 5.41) is 17.7. The zero-order chi connectivity index (χ0) is 18.2. The number of carboxylic acid groups (broad SMARTS) is 2. The molecule has 0 bridgehead atoms. The van der Waals surface area contributed by atoms with Crippen molar-refractivity contribution in [3.05, 3.63) is 0 Å². The molecular formula is C20H38O4. The molecule has 4 heteroatoms. The Morgan fingerprint density at radius 2 is 1.17 bits per heavy atom. The number of carboxylic acids is 2. The van der Waals surface area contributed by atoms with Crippen molar-refractivity contribution in [1.82, 2.24) is 0 Å². The van der Waals surface area contributed by atoms with Gasteiger partial charge in [0.1, 0.15) is 0 Å². The zero-order valence-corrected chi connectivity index (χ0v) is 15.8. The molecule has 142 valence electrons. The molecule has 4 nitrogen and oxygen atoms in total. The molecule has 0 aliphatic carbocycles. The van der Waals surface area contributed by atoms with Crippen LogP contribution < -0.4 is 0 Å². The third-order valence-electron chi connectivity index (χ3n) is 4.97. The van der Waals surface area contributed by atoms with E-state index in [2.05, 4.69) is 13.8 Å². The average Bonchev–Trinajstić information content (AvgIpc) is 2.53. The maximum absolute atomic E-state index is 10.9. The third-order valence-corrected chi connectivity index (χ3v) is 4.97. The quantitative estimate of drug-likeness (QED) is 0.323. The van der Waals surface area contributed by atoms with Gasteiger partial charge in [0.05, 0.1) is 12.3 Å². The van der Waals surface area contributed by atoms with Gasteiger partial charge in [0, 0.05) is 0 Å². The summed E-state index contributed by atoms with van der Waals surface area (Å²) in [5.41, 5.74) is 0. The van der Waals surface area contributed by atoms with Gasteiger partial charge in [-0.05, 0) is 12.3 Å². The van der Waals surface area contributed by atoms with Gasteiger partial charge in [-0.1, -0.05) is 90.9 Å². The molecule has 0 rings (SSSR count). The van der Waals surface area contributed by atoms with E-state index in [0.717, 1.165) is 25.2 Å². The van der Waals surface area contributed by atoms with Crippen LogP contribution in [0.4, 0.5) is 0 Å². The minimum atomic E-state index is -1.02. The summed E-state index contributed by atoms with van der Waals surface area (Å²) in [5.74, 6) is -1.85. The Bertz CT molecular complexity index is 328. The minimum Gasteiger partial charge on any atom is -0.481 e. The lowest BCUT2D eigenvalue weighted by Gasteiger charge is -2.09. The van der Waals surface area contributed by atoms with Gasteiger partial charge in [-0.25, -0.2) is 0 Å². The molecule has 0 spiro atoms. The fourth-order valence-electron chi connectivity index (χ4n) is 3.03. The number of aliphatic carboxylic acids is 2. The van der Waals surface area contributed by atoms with Crippen LogP contribution in [0, 0.1) is 11.8 Å². The Hall–Kier alpha value is -1.06. The Balaban J connectivity index is 3.36. The monoisotopic (exact) mass is 342 g/mol. The van der Waals surface area contributed by atoms with E-state index in [0.29, 0.717) is 6.42 Å². The molecule has 24 heavy (non-hydrogen) atoms. The molecule has 0 amide bonds. The van der Waals surface area contributed by atoms with Crippen LogP contribution >= 0.6 is 0 Å². The first kappa shape index (κ1) is 22.9. The van der Waals surface area contributed by atoms with Crippen molar-refractivity contribution in [2.45, 2.75) is 104 Å². The van der Waals surface area contributed by atoms with Gasteiger partial charge in [0.2, 0.25) is 0 Å². The second kappa shape index (κ2) is 15.5. The van der Waals surface area contributed by atoms with Gasteiger partial charge in [0.25, 0.3) is 0 Å². The molecule has 0 heterocycles. The maximum atomic E-state index is 10.9. The fourth-order valence-corrected chi connectivity index (χ4v) is 3.03. The van der Waals surface area contributed by atoms with Crippen LogP contribution in [0.2, 0.25) is 0 Å². The van der Waals surface area contributed by atoms with Crippen molar-refractivity contribution in [2.75, 3.05) is 0 Å². The fraction of sp³-hybridized carbons (Fsp3) is 0.900. The predicted octanol–water partition coefficient (Wildman–Crippen LogP) is 5.89. The van der Waals surface area contributed by atoms with Crippen LogP contribution in [0.3, 0.4) is 0 Å². The summed E-state index contributed by atoms with van der Waals surface area (Å²) < 4.78 is 0. The lowest BCUT2D eigenvalue weighted by atomic mass is 9.97. The number of hydrogen-bond donors (Lipinski definition) is 2. The number of unbranched alkanes of at least 4 members (excludes halogenated alkanes) is 9. The molecule has 0 aromatic carbocycles. The highest BCUT2D eigenvalue weighted by molar-refractivity contribution is 5.77. The molecule has 0 saturated heterocycles. The normalized spacial score (nSPS) is 13.6. The van der Waals surface area contributed by atoms with Crippen LogP contribution in [0.25, 0.3) is 0 Å². The van der Waals surface area contributed by atoms with Gasteiger partial charge in [-0.2, -0.15) is 0 Å². The molecule has 0 aliphatic heterocycles. The average molecular weight is 343 g/mol. The van der Waals surface area contributed by atoms with Crippen molar-refractivity contribution < 1.29 is 19.8 Å². The van der Waals surface area contributed by atoms with Crippen molar-refractivity contribution in [2.24, 2.45) is 11.8 Å². The molecule has 2 N–H and O–H groups in total. The van der Waals surface area contributed by atoms with E-state index < -0.39 is 17.9 Å². The first-order chi connectivity index (χ1) is 11.5. The largest absolute Gasteiger partial charge is 0.481 e.